The average molecular weight is 728 g/mol. The van der Waals surface area contributed by atoms with E-state index in [-0.39, 0.29) is 25.5 Å². The van der Waals surface area contributed by atoms with E-state index in [0.717, 1.165) is 31.7 Å². The van der Waals surface area contributed by atoms with Crippen molar-refractivity contribution >= 4 is 62.0 Å². The van der Waals surface area contributed by atoms with Crippen LogP contribution < -0.4 is 15.8 Å². The number of nitrogens with one attached hydrogen (secondary N) is 1. The highest BCUT2D eigenvalue weighted by molar-refractivity contribution is 9.10. The van der Waals surface area contributed by atoms with E-state index >= 15 is 0 Å². The minimum absolute atomic E-state index is 0.0973. The number of esters is 2. The first kappa shape index (κ1) is 35.9. The SMILES string of the molecule is CCN(CC)CCNCc1cc(C(=O)OCCOC(=O)Cc2c(C)n(C(=O)c3ccc(Cl)cc3)c3ccc(OC)cc23)cc(Br)c1N. The molecule has 1 aromatic heterocycles. The molecule has 3 aromatic carbocycles. The van der Waals surface area contributed by atoms with Crippen LogP contribution in [0.25, 0.3) is 10.9 Å². The summed E-state index contributed by atoms with van der Waals surface area (Å²) < 4.78 is 18.4. The number of methoxy groups -OCH3 is 1. The number of fused-ring (bicyclic) bond motifs is 1. The summed E-state index contributed by atoms with van der Waals surface area (Å²) in [5, 5.41) is 4.59. The summed E-state index contributed by atoms with van der Waals surface area (Å²) in [5.74, 6) is -0.757. The van der Waals surface area contributed by atoms with E-state index in [1.54, 1.807) is 73.2 Å². The number of aromatic nitrogens is 1. The first-order valence-corrected chi connectivity index (χ1v) is 16.6. The summed E-state index contributed by atoms with van der Waals surface area (Å²) in [5.41, 5.74) is 10.2. The van der Waals surface area contributed by atoms with Gasteiger partial charge in [-0.25, -0.2) is 4.79 Å². The molecule has 0 aliphatic heterocycles. The van der Waals surface area contributed by atoms with E-state index in [9.17, 15) is 14.4 Å². The summed E-state index contributed by atoms with van der Waals surface area (Å²) in [6, 6.07) is 15.3. The molecule has 4 aromatic rings. The number of benzene rings is 3. The minimum atomic E-state index is -0.558. The van der Waals surface area contributed by atoms with E-state index in [1.165, 1.54) is 0 Å². The minimum Gasteiger partial charge on any atom is -0.497 e. The normalized spacial score (nSPS) is 11.2. The van der Waals surface area contributed by atoms with Gasteiger partial charge >= 0.3 is 11.9 Å². The van der Waals surface area contributed by atoms with Gasteiger partial charge < -0.3 is 30.2 Å². The Labute approximate surface area is 288 Å². The number of nitrogens with two attached hydrogens (primary N) is 1. The number of rotatable bonds is 15. The standard InChI is InChI=1S/C35H40BrClN4O6/c1-5-40(6-2)14-13-39-21-25-17-24(18-30(36)33(25)38)35(44)47-16-15-46-32(42)20-28-22(3)41(31-12-11-27(45-4)19-29(28)31)34(43)23-7-9-26(37)10-8-23/h7-12,17-19,39H,5-6,13-16,20-21,38H2,1-4H3. The lowest BCUT2D eigenvalue weighted by Gasteiger charge is -2.18. The average Bonchev–Trinajstić information content (AvgIpc) is 3.34. The van der Waals surface area contributed by atoms with E-state index in [4.69, 9.17) is 31.5 Å². The number of ether oxygens (including phenoxy) is 3. The topological polar surface area (TPSA) is 125 Å². The number of carbonyl (C=O) groups is 3. The van der Waals surface area contributed by atoms with Crippen molar-refractivity contribution in [2.45, 2.75) is 33.7 Å². The Balaban J connectivity index is 1.38. The molecule has 0 radical (unpaired) electrons. The number of nitrogens with zero attached hydrogens (tertiary/aromatic N) is 2. The van der Waals surface area contributed by atoms with Crippen molar-refractivity contribution in [2.24, 2.45) is 0 Å². The Kier molecular flexibility index (Phi) is 12.8. The number of halogens is 2. The summed E-state index contributed by atoms with van der Waals surface area (Å²) >= 11 is 9.45. The molecule has 3 N–H and O–H groups in total. The van der Waals surface area contributed by atoms with Gasteiger partial charge in [0, 0.05) is 45.8 Å². The Morgan fingerprint density at radius 2 is 1.68 bits per heavy atom. The first-order valence-electron chi connectivity index (χ1n) is 15.4. The molecule has 10 nitrogen and oxygen atoms in total. The van der Waals surface area contributed by atoms with Crippen LogP contribution in [0.4, 0.5) is 5.69 Å². The van der Waals surface area contributed by atoms with Crippen molar-refractivity contribution in [2.75, 3.05) is 52.2 Å². The zero-order valence-corrected chi connectivity index (χ0v) is 29.4. The van der Waals surface area contributed by atoms with Gasteiger partial charge in [0.1, 0.15) is 19.0 Å². The number of nitrogen functional groups attached to an aromatic ring is 1. The monoisotopic (exact) mass is 726 g/mol. The van der Waals surface area contributed by atoms with Crippen molar-refractivity contribution in [1.29, 1.82) is 0 Å². The molecule has 0 aliphatic rings. The molecule has 0 amide bonds. The van der Waals surface area contributed by atoms with E-state index in [0.29, 0.717) is 60.8 Å². The highest BCUT2D eigenvalue weighted by Gasteiger charge is 2.23. The molecule has 250 valence electrons. The number of hydrogen-bond donors (Lipinski definition) is 2. The Morgan fingerprint density at radius 3 is 2.36 bits per heavy atom. The molecule has 0 saturated carbocycles. The van der Waals surface area contributed by atoms with E-state index in [1.807, 2.05) is 0 Å². The zero-order chi connectivity index (χ0) is 34.1. The van der Waals surface area contributed by atoms with Crippen molar-refractivity contribution in [3.05, 3.63) is 92.0 Å². The highest BCUT2D eigenvalue weighted by Crippen LogP contribution is 2.31. The summed E-state index contributed by atoms with van der Waals surface area (Å²) in [4.78, 5) is 41.6. The molecule has 47 heavy (non-hydrogen) atoms. The van der Waals surface area contributed by atoms with Gasteiger partial charge in [0.15, 0.2) is 0 Å². The quantitative estimate of drug-likeness (QED) is 0.0860. The zero-order valence-electron chi connectivity index (χ0n) is 27.0. The second-order valence-corrected chi connectivity index (χ2v) is 12.2. The van der Waals surface area contributed by atoms with Crippen LogP contribution in [-0.2, 0) is 27.2 Å². The van der Waals surface area contributed by atoms with Crippen LogP contribution in [-0.4, -0.2) is 73.8 Å². The first-order chi connectivity index (χ1) is 22.6. The molecular weight excluding hydrogens is 688 g/mol. The van der Waals surface area contributed by atoms with Gasteiger partial charge in [0.25, 0.3) is 5.91 Å². The molecule has 0 atom stereocenters. The fraction of sp³-hybridized carbons (Fsp3) is 0.343. The van der Waals surface area contributed by atoms with Crippen LogP contribution >= 0.6 is 27.5 Å². The van der Waals surface area contributed by atoms with Gasteiger partial charge in [-0.15, -0.1) is 0 Å². The van der Waals surface area contributed by atoms with Crippen LogP contribution in [0.3, 0.4) is 0 Å². The molecular formula is C35H40BrClN4O6. The lowest BCUT2D eigenvalue weighted by atomic mass is 10.1. The lowest BCUT2D eigenvalue weighted by Crippen LogP contribution is -2.31. The summed E-state index contributed by atoms with van der Waals surface area (Å²) in [7, 11) is 1.55. The van der Waals surface area contributed by atoms with Crippen LogP contribution in [0, 0.1) is 6.92 Å². The molecule has 4 rings (SSSR count). The Morgan fingerprint density at radius 1 is 0.979 bits per heavy atom. The third-order valence-electron chi connectivity index (χ3n) is 8.00. The third kappa shape index (κ3) is 8.92. The van der Waals surface area contributed by atoms with E-state index < -0.39 is 11.9 Å². The number of carbonyl (C=O) groups excluding carboxylic acids is 3. The third-order valence-corrected chi connectivity index (χ3v) is 8.91. The van der Waals surface area contributed by atoms with Gasteiger partial charge in [0.2, 0.25) is 0 Å². The number of anilines is 1. The number of likely N-dealkylation sites (N-methyl/N-ethyl adjacent to an activating group) is 1. The highest BCUT2D eigenvalue weighted by atomic mass is 79.9. The molecule has 0 spiro atoms. The predicted octanol–water partition coefficient (Wildman–Crippen LogP) is 6.02. The lowest BCUT2D eigenvalue weighted by molar-refractivity contribution is -0.143. The maximum Gasteiger partial charge on any atom is 0.338 e. The smallest absolute Gasteiger partial charge is 0.338 e. The Bertz CT molecular complexity index is 1740. The van der Waals surface area contributed by atoms with Gasteiger partial charge in [0.05, 0.1) is 30.3 Å². The van der Waals surface area contributed by atoms with Gasteiger partial charge in [-0.05, 0) is 102 Å². The maximum atomic E-state index is 13.5. The largest absolute Gasteiger partial charge is 0.497 e. The fourth-order valence-corrected chi connectivity index (χ4v) is 5.93. The van der Waals surface area contributed by atoms with Crippen molar-refractivity contribution in [3.63, 3.8) is 0 Å². The van der Waals surface area contributed by atoms with Crippen LogP contribution in [0.5, 0.6) is 5.75 Å². The maximum absolute atomic E-state index is 13.5. The predicted molar refractivity (Wildman–Crippen MR) is 187 cm³/mol. The molecule has 0 unspecified atom stereocenters. The van der Waals surface area contributed by atoms with Crippen LogP contribution in [0.2, 0.25) is 5.02 Å². The fourth-order valence-electron chi connectivity index (χ4n) is 5.30. The van der Waals surface area contributed by atoms with Crippen molar-refractivity contribution in [1.82, 2.24) is 14.8 Å². The van der Waals surface area contributed by atoms with Crippen LogP contribution in [0.1, 0.15) is 51.4 Å². The van der Waals surface area contributed by atoms with Gasteiger partial charge in [-0.3, -0.25) is 14.2 Å². The molecule has 0 aliphatic carbocycles. The van der Waals surface area contributed by atoms with E-state index in [2.05, 4.69) is 40.0 Å². The van der Waals surface area contributed by atoms with Gasteiger partial charge in [-0.2, -0.15) is 0 Å². The van der Waals surface area contributed by atoms with Gasteiger partial charge in [-0.1, -0.05) is 25.4 Å². The van der Waals surface area contributed by atoms with Crippen molar-refractivity contribution < 1.29 is 28.6 Å². The molecule has 1 heterocycles. The van der Waals surface area contributed by atoms with Crippen LogP contribution in [0.15, 0.2) is 59.1 Å². The Hall–Kier alpha value is -3.90. The van der Waals surface area contributed by atoms with Crippen molar-refractivity contribution in [3.8, 4) is 5.75 Å². The molecule has 12 heteroatoms. The molecule has 0 fully saturated rings. The number of hydrogen-bond acceptors (Lipinski definition) is 9. The summed E-state index contributed by atoms with van der Waals surface area (Å²) in [6.45, 7) is 9.92. The molecule has 0 bridgehead atoms. The summed E-state index contributed by atoms with van der Waals surface area (Å²) in [6.07, 6.45) is -0.0973. The second-order valence-electron chi connectivity index (χ2n) is 10.9. The molecule has 0 saturated heterocycles. The second kappa shape index (κ2) is 16.8.